The summed E-state index contributed by atoms with van der Waals surface area (Å²) in [6, 6.07) is 9.11. The van der Waals surface area contributed by atoms with Gasteiger partial charge in [-0.2, -0.15) is 23.5 Å². The molecule has 0 nitrogen and oxygen atoms in total. The Morgan fingerprint density at radius 1 is 0.538 bits per heavy atom. The smallest absolute Gasteiger partial charge is 0.0187 e. The molecular formula is C24H42S2. The van der Waals surface area contributed by atoms with Gasteiger partial charge in [-0.1, -0.05) is 102 Å². The van der Waals surface area contributed by atoms with Crippen LogP contribution in [0.1, 0.15) is 102 Å². The molecule has 0 aliphatic heterocycles. The predicted molar refractivity (Wildman–Crippen MR) is 126 cm³/mol. The Morgan fingerprint density at radius 3 is 1.35 bits per heavy atom. The van der Waals surface area contributed by atoms with Gasteiger partial charge in [-0.3, -0.25) is 0 Å². The van der Waals surface area contributed by atoms with Gasteiger partial charge in [0.2, 0.25) is 0 Å². The summed E-state index contributed by atoms with van der Waals surface area (Å²) in [7, 11) is 0. The van der Waals surface area contributed by atoms with Crippen LogP contribution in [0.4, 0.5) is 0 Å². The quantitative estimate of drug-likeness (QED) is 0.228. The highest BCUT2D eigenvalue weighted by molar-refractivity contribution is 7.98. The van der Waals surface area contributed by atoms with Crippen LogP contribution in [0.2, 0.25) is 0 Å². The third kappa shape index (κ3) is 13.1. The molecule has 0 aliphatic rings. The van der Waals surface area contributed by atoms with Crippen molar-refractivity contribution >= 4 is 23.5 Å². The summed E-state index contributed by atoms with van der Waals surface area (Å²) in [5, 5.41) is 0. The second-order valence-electron chi connectivity index (χ2n) is 7.41. The summed E-state index contributed by atoms with van der Waals surface area (Å²) in [6.07, 6.45) is 16.9. The molecule has 0 atom stereocenters. The minimum absolute atomic E-state index is 1.20. The highest BCUT2D eigenvalue weighted by Gasteiger charge is 2.02. The molecule has 0 fully saturated rings. The van der Waals surface area contributed by atoms with Gasteiger partial charge in [-0.05, 0) is 35.5 Å². The zero-order valence-corrected chi connectivity index (χ0v) is 19.1. The second-order valence-corrected chi connectivity index (χ2v) is 9.62. The van der Waals surface area contributed by atoms with E-state index in [4.69, 9.17) is 0 Å². The molecule has 0 aromatic heterocycles. The second kappa shape index (κ2) is 18.3. The summed E-state index contributed by atoms with van der Waals surface area (Å²) in [5.74, 6) is 5.04. The van der Waals surface area contributed by atoms with Crippen molar-refractivity contribution in [2.75, 3.05) is 11.5 Å². The zero-order chi connectivity index (χ0) is 18.7. The molecule has 0 unspecified atom stereocenters. The van der Waals surface area contributed by atoms with E-state index in [2.05, 4.69) is 61.6 Å². The van der Waals surface area contributed by atoms with E-state index in [9.17, 15) is 0 Å². The van der Waals surface area contributed by atoms with Crippen LogP contribution in [0.5, 0.6) is 0 Å². The lowest BCUT2D eigenvalue weighted by atomic mass is 10.1. The van der Waals surface area contributed by atoms with E-state index in [0.29, 0.717) is 0 Å². The predicted octanol–water partition coefficient (Wildman–Crippen LogP) is 8.87. The molecule has 0 heterocycles. The number of hydrogen-bond donors (Lipinski definition) is 0. The molecule has 1 aromatic rings. The van der Waals surface area contributed by atoms with Gasteiger partial charge in [0.1, 0.15) is 0 Å². The Balaban J connectivity index is 2.10. The van der Waals surface area contributed by atoms with E-state index < -0.39 is 0 Å². The van der Waals surface area contributed by atoms with Gasteiger partial charge in [0, 0.05) is 11.5 Å². The van der Waals surface area contributed by atoms with Crippen LogP contribution < -0.4 is 0 Å². The molecule has 0 bridgehead atoms. The summed E-state index contributed by atoms with van der Waals surface area (Å²) in [5.41, 5.74) is 3.14. The SMILES string of the molecule is CCCCCCCCSCc1ccccc1CSCCCCCCCC. The van der Waals surface area contributed by atoms with Gasteiger partial charge < -0.3 is 0 Å². The van der Waals surface area contributed by atoms with Gasteiger partial charge in [0.25, 0.3) is 0 Å². The van der Waals surface area contributed by atoms with E-state index in [1.807, 2.05) is 0 Å². The van der Waals surface area contributed by atoms with E-state index in [1.165, 1.54) is 100 Å². The molecule has 26 heavy (non-hydrogen) atoms. The number of thioether (sulfide) groups is 2. The molecule has 0 aliphatic carbocycles. The van der Waals surface area contributed by atoms with Crippen molar-refractivity contribution in [2.24, 2.45) is 0 Å². The Hall–Kier alpha value is -0.0800. The van der Waals surface area contributed by atoms with E-state index in [1.54, 1.807) is 11.1 Å². The van der Waals surface area contributed by atoms with E-state index >= 15 is 0 Å². The first-order valence-electron chi connectivity index (χ1n) is 11.1. The lowest BCUT2D eigenvalue weighted by Gasteiger charge is -2.09. The van der Waals surface area contributed by atoms with Crippen molar-refractivity contribution in [3.05, 3.63) is 35.4 Å². The molecule has 0 radical (unpaired) electrons. The Labute approximate surface area is 172 Å². The Bertz CT molecular complexity index is 377. The van der Waals surface area contributed by atoms with Gasteiger partial charge in [-0.15, -0.1) is 0 Å². The van der Waals surface area contributed by atoms with Crippen molar-refractivity contribution < 1.29 is 0 Å². The van der Waals surface area contributed by atoms with Crippen LogP contribution >= 0.6 is 23.5 Å². The Morgan fingerprint density at radius 2 is 0.923 bits per heavy atom. The molecule has 0 N–H and O–H groups in total. The van der Waals surface area contributed by atoms with E-state index in [-0.39, 0.29) is 0 Å². The van der Waals surface area contributed by atoms with Crippen molar-refractivity contribution in [2.45, 2.75) is 102 Å². The first-order valence-corrected chi connectivity index (χ1v) is 13.4. The summed E-state index contributed by atoms with van der Waals surface area (Å²) in [4.78, 5) is 0. The zero-order valence-electron chi connectivity index (χ0n) is 17.4. The minimum atomic E-state index is 1.20. The van der Waals surface area contributed by atoms with Crippen LogP contribution in [0.3, 0.4) is 0 Å². The standard InChI is InChI=1S/C24H42S2/c1-3-5-7-9-11-15-19-25-21-23-17-13-14-18-24(23)22-26-20-16-12-10-8-6-4-2/h13-14,17-18H,3-12,15-16,19-22H2,1-2H3. The minimum Gasteiger partial charge on any atom is -0.157 e. The van der Waals surface area contributed by atoms with Crippen LogP contribution in [0.15, 0.2) is 24.3 Å². The molecule has 0 amide bonds. The highest BCUT2D eigenvalue weighted by Crippen LogP contribution is 2.23. The van der Waals surface area contributed by atoms with Gasteiger partial charge in [-0.25, -0.2) is 0 Å². The largest absolute Gasteiger partial charge is 0.157 e. The van der Waals surface area contributed by atoms with Gasteiger partial charge in [0.05, 0.1) is 0 Å². The molecule has 0 spiro atoms. The average molecular weight is 395 g/mol. The maximum atomic E-state index is 2.34. The van der Waals surface area contributed by atoms with Gasteiger partial charge >= 0.3 is 0 Å². The number of unbranched alkanes of at least 4 members (excludes halogenated alkanes) is 10. The fraction of sp³-hybridized carbons (Fsp3) is 0.750. The maximum Gasteiger partial charge on any atom is 0.0187 e. The molecule has 2 heteroatoms. The normalized spacial score (nSPS) is 11.2. The van der Waals surface area contributed by atoms with Crippen molar-refractivity contribution in [1.29, 1.82) is 0 Å². The first kappa shape index (κ1) is 24.0. The Kier molecular flexibility index (Phi) is 16.9. The molecule has 0 saturated carbocycles. The van der Waals surface area contributed by atoms with Crippen LogP contribution in [-0.2, 0) is 11.5 Å². The van der Waals surface area contributed by atoms with Crippen LogP contribution in [0.25, 0.3) is 0 Å². The number of rotatable bonds is 18. The third-order valence-electron chi connectivity index (χ3n) is 4.92. The van der Waals surface area contributed by atoms with Crippen LogP contribution in [-0.4, -0.2) is 11.5 Å². The molecular weight excluding hydrogens is 352 g/mol. The highest BCUT2D eigenvalue weighted by atomic mass is 32.2. The molecule has 1 aromatic carbocycles. The third-order valence-corrected chi connectivity index (χ3v) is 7.10. The number of hydrogen-bond acceptors (Lipinski definition) is 2. The summed E-state index contributed by atoms with van der Waals surface area (Å²) >= 11 is 4.26. The van der Waals surface area contributed by atoms with Crippen molar-refractivity contribution in [3.63, 3.8) is 0 Å². The van der Waals surface area contributed by atoms with Crippen molar-refractivity contribution in [3.8, 4) is 0 Å². The fourth-order valence-corrected chi connectivity index (χ4v) is 5.28. The average Bonchev–Trinajstić information content (AvgIpc) is 2.67. The van der Waals surface area contributed by atoms with Gasteiger partial charge in [0.15, 0.2) is 0 Å². The molecule has 150 valence electrons. The summed E-state index contributed by atoms with van der Waals surface area (Å²) < 4.78 is 0. The number of benzene rings is 1. The first-order chi connectivity index (χ1) is 12.9. The van der Waals surface area contributed by atoms with Crippen LogP contribution in [0, 0.1) is 0 Å². The topological polar surface area (TPSA) is 0 Å². The monoisotopic (exact) mass is 394 g/mol. The van der Waals surface area contributed by atoms with E-state index in [0.717, 1.165) is 0 Å². The molecule has 0 saturated heterocycles. The van der Waals surface area contributed by atoms with Crippen molar-refractivity contribution in [1.82, 2.24) is 0 Å². The lowest BCUT2D eigenvalue weighted by molar-refractivity contribution is 0.627. The molecule has 1 rings (SSSR count). The summed E-state index contributed by atoms with van der Waals surface area (Å²) in [6.45, 7) is 4.58. The lowest BCUT2D eigenvalue weighted by Crippen LogP contribution is -1.92. The fourth-order valence-electron chi connectivity index (χ4n) is 3.17. The maximum absolute atomic E-state index is 2.34.